The fourth-order valence-corrected chi connectivity index (χ4v) is 5.90. The van der Waals surface area contributed by atoms with Gasteiger partial charge in [0.05, 0.1) is 25.1 Å². The van der Waals surface area contributed by atoms with Crippen molar-refractivity contribution < 1.29 is 23.6 Å². The van der Waals surface area contributed by atoms with Crippen LogP contribution in [0.4, 0.5) is 5.69 Å². The van der Waals surface area contributed by atoms with Crippen molar-refractivity contribution in [2.45, 2.75) is 57.7 Å². The fourth-order valence-electron chi connectivity index (χ4n) is 4.67. The van der Waals surface area contributed by atoms with E-state index in [0.29, 0.717) is 41.9 Å². The number of ether oxygens (including phenoxy) is 3. The average Bonchev–Trinajstić information content (AvgIpc) is 3.41. The molecule has 0 unspecified atom stereocenters. The van der Waals surface area contributed by atoms with Crippen LogP contribution < -0.4 is 14.8 Å². The highest BCUT2D eigenvalue weighted by molar-refractivity contribution is 7.90. The van der Waals surface area contributed by atoms with Crippen molar-refractivity contribution in [1.29, 1.82) is 0 Å². The van der Waals surface area contributed by atoms with E-state index in [1.165, 1.54) is 6.08 Å². The number of anilines is 1. The highest BCUT2D eigenvalue weighted by atomic mass is 32.2. The number of rotatable bonds is 17. The molecule has 0 aliphatic carbocycles. The summed E-state index contributed by atoms with van der Waals surface area (Å²) in [5.41, 5.74) is 5.43. The second kappa shape index (κ2) is 17.4. The summed E-state index contributed by atoms with van der Waals surface area (Å²) in [6.07, 6.45) is 7.22. The molecule has 9 heteroatoms. The molecule has 1 aromatic heterocycles. The lowest BCUT2D eigenvalue weighted by molar-refractivity contribution is -0.111. The first-order valence-corrected chi connectivity index (χ1v) is 16.8. The summed E-state index contributed by atoms with van der Waals surface area (Å²) < 4.78 is 32.0. The highest BCUT2D eigenvalue weighted by Crippen LogP contribution is 2.29. The maximum atomic E-state index is 13.0. The summed E-state index contributed by atoms with van der Waals surface area (Å²) in [5.74, 6) is 1.60. The molecule has 45 heavy (non-hydrogen) atoms. The molecular formula is C36H43N3O5S. The van der Waals surface area contributed by atoms with Gasteiger partial charge < -0.3 is 24.1 Å². The molecule has 0 bridgehead atoms. The van der Waals surface area contributed by atoms with Crippen molar-refractivity contribution >= 4 is 28.8 Å². The molecule has 4 aromatic rings. The molecule has 1 heterocycles. The summed E-state index contributed by atoms with van der Waals surface area (Å²) in [6.45, 7) is 11.1. The lowest BCUT2D eigenvalue weighted by Gasteiger charge is -2.13. The van der Waals surface area contributed by atoms with Crippen LogP contribution in [0, 0.1) is 6.92 Å². The number of aryl methyl sites for hydroxylation is 2. The Kier molecular flexibility index (Phi) is 13.1. The molecule has 1 amide bonds. The van der Waals surface area contributed by atoms with E-state index in [0.717, 1.165) is 59.7 Å². The van der Waals surface area contributed by atoms with E-state index in [1.807, 2.05) is 67.9 Å². The molecule has 0 radical (unpaired) electrons. The third-order valence-electron chi connectivity index (χ3n) is 7.16. The van der Waals surface area contributed by atoms with Crippen LogP contribution in [0.25, 0.3) is 17.2 Å². The maximum absolute atomic E-state index is 13.0. The molecule has 0 aliphatic heterocycles. The number of aromatic nitrogens is 2. The molecule has 4 rings (SSSR count). The monoisotopic (exact) mass is 629 g/mol. The number of amides is 1. The van der Waals surface area contributed by atoms with Gasteiger partial charge in [0, 0.05) is 30.5 Å². The van der Waals surface area contributed by atoms with Gasteiger partial charge in [0.1, 0.15) is 18.1 Å². The standard InChI is InChI=1S/C36H43N3O5S/c1-5-8-21-42-22-23-44-32-15-9-28(10-16-32)29-11-19-35(43-7-3)30(24-29)12-20-36(40)38-31-13-17-33(18-14-31)45(41)26-34-27(4)25-37-39(34)6-2/h9-20,24-25H,5-8,21-23,26H2,1-4H3,(H,38,40)/b20-12+/t45-/m1/s1. The summed E-state index contributed by atoms with van der Waals surface area (Å²) in [6, 6.07) is 20.9. The normalized spacial score (nSPS) is 11.9. The van der Waals surface area contributed by atoms with Gasteiger partial charge >= 0.3 is 0 Å². The second-order valence-electron chi connectivity index (χ2n) is 10.5. The van der Waals surface area contributed by atoms with E-state index >= 15 is 0 Å². The van der Waals surface area contributed by atoms with Crippen molar-refractivity contribution in [3.63, 3.8) is 0 Å². The Morgan fingerprint density at radius 1 is 0.956 bits per heavy atom. The summed E-state index contributed by atoms with van der Waals surface area (Å²) >= 11 is -1.23. The van der Waals surface area contributed by atoms with E-state index in [4.69, 9.17) is 14.2 Å². The molecule has 238 valence electrons. The minimum Gasteiger partial charge on any atom is -0.611 e. The second-order valence-corrected chi connectivity index (χ2v) is 11.9. The Morgan fingerprint density at radius 2 is 1.71 bits per heavy atom. The predicted molar refractivity (Wildman–Crippen MR) is 181 cm³/mol. The molecular weight excluding hydrogens is 586 g/mol. The number of carbonyl (C=O) groups is 1. The summed E-state index contributed by atoms with van der Waals surface area (Å²) in [5, 5.41) is 7.22. The zero-order chi connectivity index (χ0) is 32.0. The highest BCUT2D eigenvalue weighted by Gasteiger charge is 2.17. The lowest BCUT2D eigenvalue weighted by Crippen LogP contribution is -2.12. The SMILES string of the molecule is CCCCOCCOc1ccc(-c2ccc(OCC)c(/C=C/C(=O)Nc3ccc([S@+]([O-])Cc4c(C)cnn4CC)cc3)c2)cc1. The first-order valence-electron chi connectivity index (χ1n) is 15.5. The quantitative estimate of drug-likeness (QED) is 0.0741. The van der Waals surface area contributed by atoms with Gasteiger partial charge in [0.25, 0.3) is 0 Å². The minimum absolute atomic E-state index is 0.278. The van der Waals surface area contributed by atoms with Crippen molar-refractivity contribution in [2.24, 2.45) is 0 Å². The van der Waals surface area contributed by atoms with Gasteiger partial charge in [0.15, 0.2) is 10.6 Å². The van der Waals surface area contributed by atoms with Crippen LogP contribution in [0.3, 0.4) is 0 Å². The number of hydrogen-bond acceptors (Lipinski definition) is 6. The molecule has 1 atom stereocenters. The number of unbranched alkanes of at least 4 members (excludes halogenated alkanes) is 1. The zero-order valence-corrected chi connectivity index (χ0v) is 27.4. The Bertz CT molecular complexity index is 1530. The van der Waals surface area contributed by atoms with Crippen LogP contribution >= 0.6 is 0 Å². The van der Waals surface area contributed by atoms with Gasteiger partial charge in [-0.25, -0.2) is 0 Å². The topological polar surface area (TPSA) is 97.7 Å². The molecule has 3 aromatic carbocycles. The molecule has 1 N–H and O–H groups in total. The van der Waals surface area contributed by atoms with Crippen LogP contribution in [0.2, 0.25) is 0 Å². The third kappa shape index (κ3) is 9.97. The van der Waals surface area contributed by atoms with E-state index in [2.05, 4.69) is 17.3 Å². The zero-order valence-electron chi connectivity index (χ0n) is 26.6. The van der Waals surface area contributed by atoms with Gasteiger partial charge in [-0.1, -0.05) is 31.5 Å². The number of nitrogens with zero attached hydrogens (tertiary/aromatic N) is 2. The van der Waals surface area contributed by atoms with Crippen LogP contribution in [-0.4, -0.2) is 46.7 Å². The predicted octanol–water partition coefficient (Wildman–Crippen LogP) is 7.43. The van der Waals surface area contributed by atoms with Crippen LogP contribution in [0.5, 0.6) is 11.5 Å². The van der Waals surface area contributed by atoms with Crippen molar-refractivity contribution in [2.75, 3.05) is 31.7 Å². The number of benzene rings is 3. The molecule has 0 fully saturated rings. The smallest absolute Gasteiger partial charge is 0.248 e. The molecule has 0 saturated carbocycles. The average molecular weight is 630 g/mol. The van der Waals surface area contributed by atoms with E-state index in [1.54, 1.807) is 36.5 Å². The molecule has 8 nitrogen and oxygen atoms in total. The van der Waals surface area contributed by atoms with Gasteiger partial charge in [-0.05, 0) is 110 Å². The summed E-state index contributed by atoms with van der Waals surface area (Å²) in [4.78, 5) is 13.5. The number of carbonyl (C=O) groups excluding carboxylic acids is 1. The van der Waals surface area contributed by atoms with E-state index in [9.17, 15) is 9.35 Å². The largest absolute Gasteiger partial charge is 0.611 e. The van der Waals surface area contributed by atoms with Gasteiger partial charge in [-0.15, -0.1) is 0 Å². The van der Waals surface area contributed by atoms with Crippen molar-refractivity contribution in [1.82, 2.24) is 9.78 Å². The van der Waals surface area contributed by atoms with Gasteiger partial charge in [0.2, 0.25) is 5.91 Å². The Morgan fingerprint density at radius 3 is 2.42 bits per heavy atom. The van der Waals surface area contributed by atoms with Gasteiger partial charge in [-0.2, -0.15) is 5.10 Å². The van der Waals surface area contributed by atoms with Crippen molar-refractivity contribution in [3.8, 4) is 22.6 Å². The van der Waals surface area contributed by atoms with E-state index < -0.39 is 11.2 Å². The van der Waals surface area contributed by atoms with Crippen LogP contribution in [0.15, 0.2) is 83.9 Å². The van der Waals surface area contributed by atoms with E-state index in [-0.39, 0.29) is 5.91 Å². The Balaban J connectivity index is 1.36. The van der Waals surface area contributed by atoms with Crippen LogP contribution in [0.1, 0.15) is 50.4 Å². The van der Waals surface area contributed by atoms with Gasteiger partial charge in [-0.3, -0.25) is 9.48 Å². The summed E-state index contributed by atoms with van der Waals surface area (Å²) in [7, 11) is 0. The number of nitrogens with one attached hydrogen (secondary N) is 1. The number of hydrogen-bond donors (Lipinski definition) is 1. The Labute approximate surface area is 269 Å². The minimum atomic E-state index is -1.23. The van der Waals surface area contributed by atoms with Crippen molar-refractivity contribution in [3.05, 3.63) is 95.8 Å². The fraction of sp³-hybridized carbons (Fsp3) is 0.333. The first kappa shape index (κ1) is 33.8. The maximum Gasteiger partial charge on any atom is 0.248 e. The first-order chi connectivity index (χ1) is 21.9. The molecule has 0 aliphatic rings. The molecule has 0 spiro atoms. The molecule has 0 saturated heterocycles. The van der Waals surface area contributed by atoms with Crippen LogP contribution in [-0.2, 0) is 33.0 Å². The third-order valence-corrected chi connectivity index (χ3v) is 8.49. The lowest BCUT2D eigenvalue weighted by atomic mass is 10.0. The Hall–Kier alpha value is -4.05.